The second kappa shape index (κ2) is 6.31. The summed E-state index contributed by atoms with van der Waals surface area (Å²) in [5.74, 6) is -0.0782. The Balaban J connectivity index is 1.80. The average molecular weight is 308 g/mol. The van der Waals surface area contributed by atoms with Gasteiger partial charge in [0.15, 0.2) is 0 Å². The molecule has 2 N–H and O–H groups in total. The number of imidazole rings is 1. The summed E-state index contributed by atoms with van der Waals surface area (Å²) in [4.78, 5) is 30.9. The molecule has 0 atom stereocenters. The third kappa shape index (κ3) is 3.37. The van der Waals surface area contributed by atoms with Crippen molar-refractivity contribution in [2.24, 2.45) is 0 Å². The maximum atomic E-state index is 12.3. The molecule has 1 aromatic carbocycles. The Kier molecular flexibility index (Phi) is 4.05. The van der Waals surface area contributed by atoms with Crippen molar-refractivity contribution in [3.63, 3.8) is 0 Å². The molecule has 0 spiro atoms. The molecule has 3 aromatic rings. The van der Waals surface area contributed by atoms with Crippen LogP contribution in [-0.2, 0) is 6.54 Å². The molecular weight excluding hydrogens is 292 g/mol. The third-order valence-corrected chi connectivity index (χ3v) is 3.44. The Labute approximate surface area is 132 Å². The van der Waals surface area contributed by atoms with Crippen LogP contribution < -0.4 is 10.9 Å². The Morgan fingerprint density at radius 2 is 2.00 bits per heavy atom. The number of aryl methyl sites for hydroxylation is 1. The Hall–Kier alpha value is -3.15. The van der Waals surface area contributed by atoms with Crippen LogP contribution in [0.3, 0.4) is 0 Å². The highest BCUT2D eigenvalue weighted by Gasteiger charge is 2.13. The fourth-order valence-corrected chi connectivity index (χ4v) is 2.26. The molecule has 6 heteroatoms. The van der Waals surface area contributed by atoms with Gasteiger partial charge in [-0.3, -0.25) is 14.9 Å². The number of anilines is 1. The van der Waals surface area contributed by atoms with Gasteiger partial charge in [0.1, 0.15) is 5.56 Å². The van der Waals surface area contributed by atoms with E-state index in [-0.39, 0.29) is 5.56 Å². The van der Waals surface area contributed by atoms with E-state index in [4.69, 9.17) is 0 Å². The van der Waals surface area contributed by atoms with Crippen molar-refractivity contribution in [3.8, 4) is 0 Å². The highest BCUT2D eigenvalue weighted by atomic mass is 16.2. The van der Waals surface area contributed by atoms with E-state index in [1.807, 2.05) is 34.9 Å². The van der Waals surface area contributed by atoms with E-state index in [1.54, 1.807) is 25.4 Å². The minimum atomic E-state index is -0.480. The van der Waals surface area contributed by atoms with Crippen LogP contribution in [0.1, 0.15) is 21.6 Å². The molecule has 6 nitrogen and oxygen atoms in total. The molecule has 0 unspecified atom stereocenters. The molecule has 0 saturated heterocycles. The van der Waals surface area contributed by atoms with E-state index < -0.39 is 11.5 Å². The van der Waals surface area contributed by atoms with Crippen LogP contribution in [0.5, 0.6) is 0 Å². The van der Waals surface area contributed by atoms with Crippen LogP contribution in [0.15, 0.2) is 59.7 Å². The number of carbonyl (C=O) groups is 1. The minimum absolute atomic E-state index is 0.0601. The zero-order chi connectivity index (χ0) is 16.2. The lowest BCUT2D eigenvalue weighted by Crippen LogP contribution is -2.24. The van der Waals surface area contributed by atoms with E-state index in [1.165, 1.54) is 6.07 Å². The summed E-state index contributed by atoms with van der Waals surface area (Å²) in [7, 11) is 0. The topological polar surface area (TPSA) is 79.8 Å². The standard InChI is InChI=1S/C17H16N4O2/c1-12-7-8-14(15(22)19-12)16(23)20-17-18-9-10-21(17)11-13-5-3-2-4-6-13/h2-10H,11H2,1H3,(H,19,22)(H,18,20,23). The second-order valence-electron chi connectivity index (χ2n) is 5.20. The lowest BCUT2D eigenvalue weighted by Gasteiger charge is -2.09. The summed E-state index contributed by atoms with van der Waals surface area (Å²) in [6.45, 7) is 2.34. The van der Waals surface area contributed by atoms with E-state index in [2.05, 4.69) is 15.3 Å². The molecule has 0 bridgehead atoms. The molecule has 116 valence electrons. The van der Waals surface area contributed by atoms with E-state index in [9.17, 15) is 9.59 Å². The molecule has 0 radical (unpaired) electrons. The predicted octanol–water partition coefficient (Wildman–Crippen LogP) is 2.18. The van der Waals surface area contributed by atoms with Crippen LogP contribution >= 0.6 is 0 Å². The molecule has 1 amide bonds. The summed E-state index contributed by atoms with van der Waals surface area (Å²) in [6, 6.07) is 13.0. The van der Waals surface area contributed by atoms with Gasteiger partial charge in [0.05, 0.1) is 6.54 Å². The molecule has 0 aliphatic heterocycles. The predicted molar refractivity (Wildman–Crippen MR) is 87.5 cm³/mol. The van der Waals surface area contributed by atoms with E-state index >= 15 is 0 Å². The first-order valence-electron chi connectivity index (χ1n) is 7.20. The molecule has 0 aliphatic carbocycles. The number of hydrogen-bond acceptors (Lipinski definition) is 3. The largest absolute Gasteiger partial charge is 0.326 e. The zero-order valence-corrected chi connectivity index (χ0v) is 12.6. The monoisotopic (exact) mass is 308 g/mol. The lowest BCUT2D eigenvalue weighted by molar-refractivity contribution is 0.102. The van der Waals surface area contributed by atoms with Crippen molar-refractivity contribution in [2.75, 3.05) is 5.32 Å². The number of pyridine rings is 1. The van der Waals surface area contributed by atoms with Gasteiger partial charge in [0, 0.05) is 18.1 Å². The minimum Gasteiger partial charge on any atom is -0.326 e. The van der Waals surface area contributed by atoms with Crippen molar-refractivity contribution < 1.29 is 4.79 Å². The summed E-state index contributed by atoms with van der Waals surface area (Å²) in [6.07, 6.45) is 3.39. The van der Waals surface area contributed by atoms with Gasteiger partial charge in [0.2, 0.25) is 5.95 Å². The second-order valence-corrected chi connectivity index (χ2v) is 5.20. The molecule has 3 rings (SSSR count). The zero-order valence-electron chi connectivity index (χ0n) is 12.6. The highest BCUT2D eigenvalue weighted by molar-refractivity contribution is 6.03. The third-order valence-electron chi connectivity index (χ3n) is 3.44. The average Bonchev–Trinajstić information content (AvgIpc) is 2.95. The number of nitrogens with one attached hydrogen (secondary N) is 2. The molecule has 2 aromatic heterocycles. The smallest absolute Gasteiger partial charge is 0.263 e. The van der Waals surface area contributed by atoms with Gasteiger partial charge in [0.25, 0.3) is 11.5 Å². The van der Waals surface area contributed by atoms with Gasteiger partial charge in [-0.25, -0.2) is 4.98 Å². The van der Waals surface area contributed by atoms with Crippen molar-refractivity contribution in [1.29, 1.82) is 0 Å². The number of H-pyrrole nitrogens is 1. The van der Waals surface area contributed by atoms with Gasteiger partial charge < -0.3 is 9.55 Å². The maximum absolute atomic E-state index is 12.3. The summed E-state index contributed by atoms with van der Waals surface area (Å²) in [5.41, 5.74) is 1.44. The fraction of sp³-hybridized carbons (Fsp3) is 0.118. The molecule has 2 heterocycles. The first-order chi connectivity index (χ1) is 11.1. The number of rotatable bonds is 4. The lowest BCUT2D eigenvalue weighted by atomic mass is 10.2. The molecule has 0 aliphatic rings. The van der Waals surface area contributed by atoms with Crippen LogP contribution in [0.25, 0.3) is 0 Å². The Bertz CT molecular complexity index is 881. The SMILES string of the molecule is Cc1ccc(C(=O)Nc2nccn2Cc2ccccc2)c(=O)[nH]1. The Morgan fingerprint density at radius 1 is 1.22 bits per heavy atom. The van der Waals surface area contributed by atoms with Gasteiger partial charge in [-0.1, -0.05) is 30.3 Å². The van der Waals surface area contributed by atoms with Gasteiger partial charge in [-0.15, -0.1) is 0 Å². The number of nitrogens with zero attached hydrogens (tertiary/aromatic N) is 2. The number of amides is 1. The van der Waals surface area contributed by atoms with Crippen LogP contribution in [-0.4, -0.2) is 20.4 Å². The summed E-state index contributed by atoms with van der Waals surface area (Å²) in [5, 5.41) is 2.68. The molecule has 0 fully saturated rings. The molecule has 0 saturated carbocycles. The van der Waals surface area contributed by atoms with Gasteiger partial charge in [-0.2, -0.15) is 0 Å². The van der Waals surface area contributed by atoms with Crippen molar-refractivity contribution in [2.45, 2.75) is 13.5 Å². The van der Waals surface area contributed by atoms with Crippen LogP contribution in [0.4, 0.5) is 5.95 Å². The van der Waals surface area contributed by atoms with Crippen molar-refractivity contribution in [1.82, 2.24) is 14.5 Å². The summed E-state index contributed by atoms with van der Waals surface area (Å²) >= 11 is 0. The summed E-state index contributed by atoms with van der Waals surface area (Å²) < 4.78 is 1.82. The highest BCUT2D eigenvalue weighted by Crippen LogP contribution is 2.10. The number of aromatic nitrogens is 3. The van der Waals surface area contributed by atoms with Crippen molar-refractivity contribution >= 4 is 11.9 Å². The number of benzene rings is 1. The van der Waals surface area contributed by atoms with Crippen LogP contribution in [0, 0.1) is 6.92 Å². The molecule has 23 heavy (non-hydrogen) atoms. The molecular formula is C17H16N4O2. The van der Waals surface area contributed by atoms with Crippen LogP contribution in [0.2, 0.25) is 0 Å². The fourth-order valence-electron chi connectivity index (χ4n) is 2.26. The van der Waals surface area contributed by atoms with Gasteiger partial charge in [-0.05, 0) is 24.6 Å². The normalized spacial score (nSPS) is 10.5. The number of aromatic amines is 1. The number of hydrogen-bond donors (Lipinski definition) is 2. The van der Waals surface area contributed by atoms with Gasteiger partial charge >= 0.3 is 0 Å². The number of carbonyl (C=O) groups excluding carboxylic acids is 1. The van der Waals surface area contributed by atoms with E-state index in [0.29, 0.717) is 18.2 Å². The quantitative estimate of drug-likeness (QED) is 0.775. The first kappa shape index (κ1) is 14.8. The Morgan fingerprint density at radius 3 is 2.74 bits per heavy atom. The first-order valence-corrected chi connectivity index (χ1v) is 7.20. The van der Waals surface area contributed by atoms with Crippen molar-refractivity contribution in [3.05, 3.63) is 82.0 Å². The maximum Gasteiger partial charge on any atom is 0.263 e. The van der Waals surface area contributed by atoms with E-state index in [0.717, 1.165) is 5.56 Å².